The zero-order valence-electron chi connectivity index (χ0n) is 12.3. The van der Waals surface area contributed by atoms with Gasteiger partial charge in [-0.2, -0.15) is 0 Å². The maximum atomic E-state index is 9.63. The van der Waals surface area contributed by atoms with Gasteiger partial charge in [-0.1, -0.05) is 0 Å². The second-order valence-electron chi connectivity index (χ2n) is 5.16. The maximum absolute atomic E-state index is 9.63. The molecule has 0 fully saturated rings. The number of anilines is 1. The van der Waals surface area contributed by atoms with Crippen LogP contribution in [0.1, 0.15) is 34.4 Å². The summed E-state index contributed by atoms with van der Waals surface area (Å²) >= 11 is 1.69. The number of nitrogen functional groups attached to an aromatic ring is 1. The van der Waals surface area contributed by atoms with E-state index in [1.54, 1.807) is 11.3 Å². The predicted molar refractivity (Wildman–Crippen MR) is 85.5 cm³/mol. The monoisotopic (exact) mass is 302 g/mol. The first-order valence-corrected chi connectivity index (χ1v) is 7.64. The quantitative estimate of drug-likeness (QED) is 0.729. The fourth-order valence-corrected chi connectivity index (χ4v) is 3.73. The number of aryl methyl sites for hydroxylation is 2. The summed E-state index contributed by atoms with van der Waals surface area (Å²) in [5.74, 6) is 0.647. The second-order valence-corrected chi connectivity index (χ2v) is 6.40. The number of imidazole rings is 1. The van der Waals surface area contributed by atoms with E-state index in [1.165, 1.54) is 4.88 Å². The summed E-state index contributed by atoms with van der Waals surface area (Å²) in [5.41, 5.74) is 9.32. The third-order valence-corrected chi connectivity index (χ3v) is 4.88. The summed E-state index contributed by atoms with van der Waals surface area (Å²) in [6, 6.07) is 5.73. The third-order valence-electron chi connectivity index (χ3n) is 3.63. The highest BCUT2D eigenvalue weighted by molar-refractivity contribution is 7.11. The fraction of sp³-hybridized carbons (Fsp3) is 0.333. The summed E-state index contributed by atoms with van der Waals surface area (Å²) in [6.45, 7) is 6.03. The molecular formula is C15H18N4OS. The topological polar surface area (TPSA) is 77.0 Å². The highest BCUT2D eigenvalue weighted by Gasteiger charge is 2.20. The average Bonchev–Trinajstić information content (AvgIpc) is 2.97. The van der Waals surface area contributed by atoms with Crippen LogP contribution in [0.25, 0.3) is 11.0 Å². The molecule has 0 aliphatic heterocycles. The van der Waals surface area contributed by atoms with Gasteiger partial charge in [0.05, 0.1) is 32.7 Å². The molecule has 3 rings (SSSR count). The molecule has 0 radical (unpaired) electrons. The molecule has 2 heterocycles. The molecule has 1 atom stereocenters. The third kappa shape index (κ3) is 2.30. The Morgan fingerprint density at radius 1 is 1.33 bits per heavy atom. The van der Waals surface area contributed by atoms with Gasteiger partial charge in [0.15, 0.2) is 0 Å². The Labute approximate surface area is 127 Å². The van der Waals surface area contributed by atoms with Crippen molar-refractivity contribution in [3.05, 3.63) is 39.6 Å². The highest BCUT2D eigenvalue weighted by atomic mass is 32.1. The van der Waals surface area contributed by atoms with Crippen LogP contribution in [-0.2, 0) is 6.61 Å². The summed E-state index contributed by atoms with van der Waals surface area (Å²) in [5, 5.41) is 10.7. The molecule has 0 spiro atoms. The van der Waals surface area contributed by atoms with Crippen LogP contribution in [0.2, 0.25) is 0 Å². The Kier molecular flexibility index (Phi) is 3.43. The van der Waals surface area contributed by atoms with E-state index < -0.39 is 0 Å². The van der Waals surface area contributed by atoms with Crippen LogP contribution in [-0.4, -0.2) is 19.6 Å². The number of aliphatic hydroxyl groups excluding tert-OH is 1. The van der Waals surface area contributed by atoms with Gasteiger partial charge in [-0.25, -0.2) is 9.97 Å². The summed E-state index contributed by atoms with van der Waals surface area (Å²) in [4.78, 5) is 10.2. The Morgan fingerprint density at radius 2 is 2.10 bits per heavy atom. The lowest BCUT2D eigenvalue weighted by Gasteiger charge is -2.16. The Balaban J connectivity index is 2.20. The van der Waals surface area contributed by atoms with Crippen LogP contribution in [0.15, 0.2) is 18.2 Å². The number of rotatable bonds is 3. The summed E-state index contributed by atoms with van der Waals surface area (Å²) in [7, 11) is 0. The number of hydrogen-bond acceptors (Lipinski definition) is 5. The minimum Gasteiger partial charge on any atom is -0.399 e. The standard InChI is InChI=1S/C15H18N4OS/c1-8-15(21-10(3)17-8)9(2)19-13-5-4-11(16)6-12(13)18-14(19)7-20/h4-6,9,20H,7,16H2,1-3H3. The van der Waals surface area contributed by atoms with Gasteiger partial charge in [0.2, 0.25) is 0 Å². The van der Waals surface area contributed by atoms with Crippen LogP contribution < -0.4 is 5.73 Å². The van der Waals surface area contributed by atoms with Crippen molar-refractivity contribution >= 4 is 28.1 Å². The Morgan fingerprint density at radius 3 is 2.71 bits per heavy atom. The van der Waals surface area contributed by atoms with Crippen molar-refractivity contribution in [2.75, 3.05) is 5.73 Å². The van der Waals surface area contributed by atoms with Gasteiger partial charge in [0, 0.05) is 5.69 Å². The maximum Gasteiger partial charge on any atom is 0.136 e. The van der Waals surface area contributed by atoms with E-state index in [9.17, 15) is 5.11 Å². The minimum atomic E-state index is -0.101. The largest absolute Gasteiger partial charge is 0.399 e. The van der Waals surface area contributed by atoms with Crippen molar-refractivity contribution in [1.82, 2.24) is 14.5 Å². The van der Waals surface area contributed by atoms with E-state index in [-0.39, 0.29) is 12.6 Å². The molecule has 21 heavy (non-hydrogen) atoms. The average molecular weight is 302 g/mol. The van der Waals surface area contributed by atoms with E-state index >= 15 is 0 Å². The van der Waals surface area contributed by atoms with Crippen molar-refractivity contribution < 1.29 is 5.11 Å². The van der Waals surface area contributed by atoms with E-state index in [1.807, 2.05) is 32.0 Å². The van der Waals surface area contributed by atoms with Crippen LogP contribution in [0.5, 0.6) is 0 Å². The molecule has 110 valence electrons. The first kappa shape index (κ1) is 14.0. The van der Waals surface area contributed by atoms with Crippen LogP contribution in [0.3, 0.4) is 0 Å². The number of nitrogens with two attached hydrogens (primary N) is 1. The molecular weight excluding hydrogens is 284 g/mol. The van der Waals surface area contributed by atoms with Gasteiger partial charge in [0.1, 0.15) is 12.4 Å². The molecule has 0 aliphatic carbocycles. The van der Waals surface area contributed by atoms with Crippen molar-refractivity contribution in [2.24, 2.45) is 0 Å². The number of benzene rings is 1. The van der Waals surface area contributed by atoms with E-state index in [2.05, 4.69) is 21.5 Å². The molecule has 3 aromatic rings. The Hall–Kier alpha value is -1.92. The smallest absolute Gasteiger partial charge is 0.136 e. The summed E-state index contributed by atoms with van der Waals surface area (Å²) in [6.07, 6.45) is 0. The zero-order valence-corrected chi connectivity index (χ0v) is 13.1. The fourth-order valence-electron chi connectivity index (χ4n) is 2.76. The van der Waals surface area contributed by atoms with Crippen LogP contribution in [0.4, 0.5) is 5.69 Å². The number of nitrogens with zero attached hydrogens (tertiary/aromatic N) is 3. The predicted octanol–water partition coefficient (Wildman–Crippen LogP) is 2.79. The SMILES string of the molecule is Cc1nc(C)c(C(C)n2c(CO)nc3cc(N)ccc32)s1. The molecule has 1 aromatic carbocycles. The molecule has 0 saturated carbocycles. The molecule has 5 nitrogen and oxygen atoms in total. The number of fused-ring (bicyclic) bond motifs is 1. The van der Waals surface area contributed by atoms with E-state index in [0.29, 0.717) is 11.5 Å². The van der Waals surface area contributed by atoms with Gasteiger partial charge < -0.3 is 15.4 Å². The van der Waals surface area contributed by atoms with Gasteiger partial charge in [0.25, 0.3) is 0 Å². The lowest BCUT2D eigenvalue weighted by molar-refractivity contribution is 0.264. The molecule has 0 amide bonds. The van der Waals surface area contributed by atoms with Crippen molar-refractivity contribution in [3.8, 4) is 0 Å². The van der Waals surface area contributed by atoms with Gasteiger partial charge in [-0.05, 0) is 39.0 Å². The summed E-state index contributed by atoms with van der Waals surface area (Å²) < 4.78 is 2.06. The van der Waals surface area contributed by atoms with Gasteiger partial charge in [-0.3, -0.25) is 0 Å². The van der Waals surface area contributed by atoms with Crippen molar-refractivity contribution in [3.63, 3.8) is 0 Å². The lowest BCUT2D eigenvalue weighted by atomic mass is 10.2. The number of thiazole rings is 1. The molecule has 0 bridgehead atoms. The molecule has 1 unspecified atom stereocenters. The molecule has 6 heteroatoms. The number of aliphatic hydroxyl groups is 1. The van der Waals surface area contributed by atoms with Crippen molar-refractivity contribution in [2.45, 2.75) is 33.4 Å². The molecule has 0 aliphatic rings. The Bertz CT molecular complexity index is 805. The van der Waals surface area contributed by atoms with Crippen LogP contribution >= 0.6 is 11.3 Å². The van der Waals surface area contributed by atoms with Gasteiger partial charge >= 0.3 is 0 Å². The van der Waals surface area contributed by atoms with Gasteiger partial charge in [-0.15, -0.1) is 11.3 Å². The highest BCUT2D eigenvalue weighted by Crippen LogP contribution is 2.32. The second kappa shape index (κ2) is 5.13. The number of aromatic nitrogens is 3. The molecule has 0 saturated heterocycles. The van der Waals surface area contributed by atoms with Crippen LogP contribution in [0, 0.1) is 13.8 Å². The minimum absolute atomic E-state index is 0.0759. The lowest BCUT2D eigenvalue weighted by Crippen LogP contribution is -2.10. The first-order chi connectivity index (χ1) is 10.0. The first-order valence-electron chi connectivity index (χ1n) is 6.82. The normalized spacial score (nSPS) is 13.0. The number of hydrogen-bond donors (Lipinski definition) is 2. The van der Waals surface area contributed by atoms with E-state index in [4.69, 9.17) is 5.73 Å². The van der Waals surface area contributed by atoms with Crippen molar-refractivity contribution in [1.29, 1.82) is 0 Å². The molecule has 3 N–H and O–H groups in total. The van der Waals surface area contributed by atoms with E-state index in [0.717, 1.165) is 21.7 Å². The molecule has 2 aromatic heterocycles. The zero-order chi connectivity index (χ0) is 15.1.